The first-order valence-corrected chi connectivity index (χ1v) is 6.34. The molecule has 2 heteroatoms. The number of benzene rings is 2. The number of aromatic nitrogens is 1. The summed E-state index contributed by atoms with van der Waals surface area (Å²) in [5.41, 5.74) is 3.84. The Hall–Kier alpha value is -1.80. The molecule has 0 radical (unpaired) electrons. The van der Waals surface area contributed by atoms with Crippen molar-refractivity contribution in [3.05, 3.63) is 48.0 Å². The monoisotopic (exact) mass is 239 g/mol. The van der Waals surface area contributed by atoms with E-state index in [0.29, 0.717) is 6.61 Å². The van der Waals surface area contributed by atoms with Crippen LogP contribution in [-0.4, -0.2) is 11.7 Å². The highest BCUT2D eigenvalue weighted by Crippen LogP contribution is 2.29. The third kappa shape index (κ3) is 1.61. The van der Waals surface area contributed by atoms with Crippen LogP contribution in [0, 0.1) is 0 Å². The quantitative estimate of drug-likeness (QED) is 0.674. The Bertz CT molecular complexity index is 697. The largest absolute Gasteiger partial charge is 0.380 e. The summed E-state index contributed by atoms with van der Waals surface area (Å²) in [5, 5.41) is 2.65. The van der Waals surface area contributed by atoms with Gasteiger partial charge >= 0.3 is 0 Å². The fourth-order valence-corrected chi connectivity index (χ4v) is 2.70. The Balaban J connectivity index is 2.37. The highest BCUT2D eigenvalue weighted by Gasteiger charge is 2.09. The van der Waals surface area contributed by atoms with Gasteiger partial charge < -0.3 is 9.30 Å². The summed E-state index contributed by atoms with van der Waals surface area (Å²) in [4.78, 5) is 0. The zero-order valence-electron chi connectivity index (χ0n) is 10.8. The molecule has 0 spiro atoms. The lowest BCUT2D eigenvalue weighted by Crippen LogP contribution is -1.93. The van der Waals surface area contributed by atoms with Crippen molar-refractivity contribution in [2.45, 2.75) is 20.1 Å². The zero-order valence-corrected chi connectivity index (χ0v) is 10.8. The van der Waals surface area contributed by atoms with Gasteiger partial charge in [-0.25, -0.2) is 0 Å². The molecule has 0 aliphatic rings. The highest BCUT2D eigenvalue weighted by atomic mass is 16.5. The first kappa shape index (κ1) is 11.3. The lowest BCUT2D eigenvalue weighted by atomic mass is 10.1. The van der Waals surface area contributed by atoms with E-state index in [9.17, 15) is 0 Å². The Labute approximate surface area is 107 Å². The van der Waals surface area contributed by atoms with Gasteiger partial charge in [-0.1, -0.05) is 24.3 Å². The van der Waals surface area contributed by atoms with Crippen LogP contribution in [0.2, 0.25) is 0 Å². The van der Waals surface area contributed by atoms with Gasteiger partial charge in [0.15, 0.2) is 0 Å². The molecule has 0 fully saturated rings. The Morgan fingerprint density at radius 1 is 1.00 bits per heavy atom. The van der Waals surface area contributed by atoms with E-state index in [0.717, 1.165) is 6.54 Å². The molecular formula is C16H17NO. The van der Waals surface area contributed by atoms with Crippen molar-refractivity contribution in [3.8, 4) is 0 Å². The molecule has 3 aromatic rings. The topological polar surface area (TPSA) is 14.2 Å². The molecule has 0 saturated heterocycles. The predicted octanol–water partition coefficient (Wildman–Crippen LogP) is 3.96. The maximum atomic E-state index is 5.22. The van der Waals surface area contributed by atoms with E-state index in [-0.39, 0.29) is 0 Å². The molecule has 2 nitrogen and oxygen atoms in total. The van der Waals surface area contributed by atoms with Crippen molar-refractivity contribution in [2.75, 3.05) is 7.11 Å². The van der Waals surface area contributed by atoms with Crippen LogP contribution >= 0.6 is 0 Å². The number of methoxy groups -OCH3 is 1. The van der Waals surface area contributed by atoms with Crippen LogP contribution in [0.5, 0.6) is 0 Å². The molecule has 0 aliphatic carbocycles. The van der Waals surface area contributed by atoms with Gasteiger partial charge in [0.25, 0.3) is 0 Å². The SMILES string of the molecule is CCn1c2ccccc2c2cc(COC)ccc21. The van der Waals surface area contributed by atoms with Crippen molar-refractivity contribution in [1.82, 2.24) is 4.57 Å². The van der Waals surface area contributed by atoms with Crippen LogP contribution in [0.25, 0.3) is 21.8 Å². The maximum absolute atomic E-state index is 5.22. The summed E-state index contributed by atoms with van der Waals surface area (Å²) in [6.45, 7) is 3.85. The number of nitrogens with zero attached hydrogens (tertiary/aromatic N) is 1. The van der Waals surface area contributed by atoms with E-state index in [1.165, 1.54) is 27.4 Å². The second-order valence-electron chi connectivity index (χ2n) is 4.55. The Morgan fingerprint density at radius 2 is 1.78 bits per heavy atom. The average Bonchev–Trinajstić information content (AvgIpc) is 2.72. The number of hydrogen-bond acceptors (Lipinski definition) is 1. The minimum atomic E-state index is 0.668. The van der Waals surface area contributed by atoms with Gasteiger partial charge in [0.1, 0.15) is 0 Å². The first-order chi connectivity index (χ1) is 8.85. The second-order valence-corrected chi connectivity index (χ2v) is 4.55. The minimum absolute atomic E-state index is 0.668. The van der Waals surface area contributed by atoms with Crippen LogP contribution in [-0.2, 0) is 17.9 Å². The zero-order chi connectivity index (χ0) is 12.5. The molecule has 2 aromatic carbocycles. The third-order valence-electron chi connectivity index (χ3n) is 3.46. The highest BCUT2D eigenvalue weighted by molar-refractivity contribution is 6.08. The molecule has 0 saturated carbocycles. The van der Waals surface area contributed by atoms with E-state index in [1.807, 2.05) is 0 Å². The Morgan fingerprint density at radius 3 is 2.56 bits per heavy atom. The Kier molecular flexibility index (Phi) is 2.80. The van der Waals surface area contributed by atoms with Crippen LogP contribution in [0.1, 0.15) is 12.5 Å². The van der Waals surface area contributed by atoms with Crippen molar-refractivity contribution in [2.24, 2.45) is 0 Å². The lowest BCUT2D eigenvalue weighted by Gasteiger charge is -2.03. The second kappa shape index (κ2) is 4.46. The smallest absolute Gasteiger partial charge is 0.0713 e. The summed E-state index contributed by atoms with van der Waals surface area (Å²) in [5.74, 6) is 0. The standard InChI is InChI=1S/C16H17NO/c1-3-17-15-7-5-4-6-13(15)14-10-12(11-18-2)8-9-16(14)17/h4-10H,3,11H2,1-2H3. The van der Waals surface area contributed by atoms with Crippen molar-refractivity contribution < 1.29 is 4.74 Å². The molecule has 0 amide bonds. The minimum Gasteiger partial charge on any atom is -0.380 e. The number of fused-ring (bicyclic) bond motifs is 3. The van der Waals surface area contributed by atoms with Crippen molar-refractivity contribution in [3.63, 3.8) is 0 Å². The molecule has 0 bridgehead atoms. The van der Waals surface area contributed by atoms with E-state index in [1.54, 1.807) is 7.11 Å². The van der Waals surface area contributed by atoms with Crippen molar-refractivity contribution >= 4 is 21.8 Å². The molecule has 0 aliphatic heterocycles. The number of para-hydroxylation sites is 1. The molecule has 92 valence electrons. The van der Waals surface area contributed by atoms with Gasteiger partial charge in [0, 0.05) is 35.5 Å². The molecule has 0 unspecified atom stereocenters. The molecule has 3 rings (SSSR count). The average molecular weight is 239 g/mol. The number of rotatable bonds is 3. The van der Waals surface area contributed by atoms with Gasteiger partial charge in [0.2, 0.25) is 0 Å². The lowest BCUT2D eigenvalue weighted by molar-refractivity contribution is 0.185. The molecule has 0 atom stereocenters. The van der Waals surface area contributed by atoms with Crippen LogP contribution in [0.15, 0.2) is 42.5 Å². The summed E-state index contributed by atoms with van der Waals surface area (Å²) < 4.78 is 7.58. The molecular weight excluding hydrogens is 222 g/mol. The van der Waals surface area contributed by atoms with Crippen LogP contribution in [0.4, 0.5) is 0 Å². The molecule has 0 N–H and O–H groups in total. The van der Waals surface area contributed by atoms with E-state index in [2.05, 4.69) is 54.0 Å². The third-order valence-corrected chi connectivity index (χ3v) is 3.46. The van der Waals surface area contributed by atoms with E-state index >= 15 is 0 Å². The number of hydrogen-bond donors (Lipinski definition) is 0. The molecule has 1 aromatic heterocycles. The maximum Gasteiger partial charge on any atom is 0.0713 e. The van der Waals surface area contributed by atoms with Gasteiger partial charge in [-0.3, -0.25) is 0 Å². The summed E-state index contributed by atoms with van der Waals surface area (Å²) in [6.07, 6.45) is 0. The van der Waals surface area contributed by atoms with Crippen LogP contribution in [0.3, 0.4) is 0 Å². The predicted molar refractivity (Wildman–Crippen MR) is 75.8 cm³/mol. The van der Waals surface area contributed by atoms with Gasteiger partial charge in [-0.2, -0.15) is 0 Å². The number of ether oxygens (including phenoxy) is 1. The van der Waals surface area contributed by atoms with Gasteiger partial charge in [-0.05, 0) is 30.7 Å². The van der Waals surface area contributed by atoms with Crippen molar-refractivity contribution in [1.29, 1.82) is 0 Å². The van der Waals surface area contributed by atoms with Gasteiger partial charge in [-0.15, -0.1) is 0 Å². The first-order valence-electron chi connectivity index (χ1n) is 6.34. The molecule has 1 heterocycles. The summed E-state index contributed by atoms with van der Waals surface area (Å²) >= 11 is 0. The van der Waals surface area contributed by atoms with Gasteiger partial charge in [0.05, 0.1) is 6.61 Å². The summed E-state index contributed by atoms with van der Waals surface area (Å²) in [6, 6.07) is 15.2. The fourth-order valence-electron chi connectivity index (χ4n) is 2.70. The van der Waals surface area contributed by atoms with E-state index in [4.69, 9.17) is 4.74 Å². The van der Waals surface area contributed by atoms with E-state index < -0.39 is 0 Å². The summed E-state index contributed by atoms with van der Waals surface area (Å²) in [7, 11) is 1.74. The normalized spacial score (nSPS) is 11.4. The molecule has 18 heavy (non-hydrogen) atoms. The fraction of sp³-hybridized carbons (Fsp3) is 0.250. The van der Waals surface area contributed by atoms with Crippen LogP contribution < -0.4 is 0 Å². The number of aryl methyl sites for hydroxylation is 1.